The minimum absolute atomic E-state index is 0.0179. The van der Waals surface area contributed by atoms with Crippen LogP contribution in [0.2, 0.25) is 0 Å². The number of nitrogens with one attached hydrogen (secondary N) is 1. The lowest BCUT2D eigenvalue weighted by atomic mass is 9.88. The van der Waals surface area contributed by atoms with Crippen LogP contribution in [0.5, 0.6) is 0 Å². The van der Waals surface area contributed by atoms with Gasteiger partial charge in [0.15, 0.2) is 22.7 Å². The van der Waals surface area contributed by atoms with E-state index in [0.29, 0.717) is 12.8 Å². The Labute approximate surface area is 178 Å². The Kier molecular flexibility index (Phi) is 6.47. The molecule has 3 rings (SSSR count). The van der Waals surface area contributed by atoms with Crippen molar-refractivity contribution in [1.82, 2.24) is 19.5 Å². The minimum Gasteiger partial charge on any atom is -0.388 e. The van der Waals surface area contributed by atoms with Crippen LogP contribution in [0.3, 0.4) is 0 Å². The number of aromatic nitrogens is 4. The molecular weight excluding hydrogens is 431 g/mol. The maximum atomic E-state index is 12.6. The van der Waals surface area contributed by atoms with E-state index in [1.165, 1.54) is 31.1 Å². The van der Waals surface area contributed by atoms with E-state index < -0.39 is 48.6 Å². The highest BCUT2D eigenvalue weighted by Crippen LogP contribution is 2.58. The Bertz CT molecular complexity index is 1030. The zero-order valence-corrected chi connectivity index (χ0v) is 18.7. The highest BCUT2D eigenvalue weighted by atomic mass is 31.2. The Hall–Kier alpha value is -1.66. The Morgan fingerprint density at radius 1 is 1.26 bits per heavy atom. The van der Waals surface area contributed by atoms with Gasteiger partial charge in [-0.05, 0) is 26.7 Å². The van der Waals surface area contributed by atoms with Crippen LogP contribution in [-0.2, 0) is 13.8 Å². The predicted octanol–water partition coefficient (Wildman–Crippen LogP) is 0.618. The normalized spacial score (nSPS) is 27.0. The summed E-state index contributed by atoms with van der Waals surface area (Å²) in [6.45, 7) is 5.87. The molecule has 5 N–H and O–H groups in total. The van der Waals surface area contributed by atoms with Gasteiger partial charge < -0.3 is 29.9 Å². The zero-order chi connectivity index (χ0) is 23.2. The van der Waals surface area contributed by atoms with Crippen LogP contribution in [0.4, 0.5) is 0 Å². The number of nitrogens with zero attached hydrogens (tertiary/aromatic N) is 3. The van der Waals surface area contributed by atoms with Gasteiger partial charge in [0.1, 0.15) is 12.2 Å². The van der Waals surface area contributed by atoms with Crippen molar-refractivity contribution in [2.45, 2.75) is 82.4 Å². The van der Waals surface area contributed by atoms with Gasteiger partial charge in [-0.2, -0.15) is 0 Å². The number of ether oxygens (including phenoxy) is 1. The van der Waals surface area contributed by atoms with Gasteiger partial charge in [0, 0.05) is 6.42 Å². The first-order chi connectivity index (χ1) is 14.4. The Balaban J connectivity index is 1.88. The molecule has 1 aliphatic heterocycles. The van der Waals surface area contributed by atoms with Crippen LogP contribution in [0, 0.1) is 0 Å². The summed E-state index contributed by atoms with van der Waals surface area (Å²) in [4.78, 5) is 32.6. The molecule has 2 aromatic rings. The lowest BCUT2D eigenvalue weighted by molar-refractivity contribution is -0.0747. The molecule has 3 unspecified atom stereocenters. The molecule has 5 atom stereocenters. The zero-order valence-electron chi connectivity index (χ0n) is 17.8. The second-order valence-electron chi connectivity index (χ2n) is 8.30. The summed E-state index contributed by atoms with van der Waals surface area (Å²) >= 11 is 0. The van der Waals surface area contributed by atoms with E-state index in [4.69, 9.17) is 9.26 Å². The fourth-order valence-electron chi connectivity index (χ4n) is 3.62. The van der Waals surface area contributed by atoms with Gasteiger partial charge in [0.05, 0.1) is 24.4 Å². The van der Waals surface area contributed by atoms with Gasteiger partial charge in [-0.15, -0.1) is 0 Å². The van der Waals surface area contributed by atoms with E-state index in [9.17, 15) is 29.6 Å². The highest BCUT2D eigenvalue weighted by Gasteiger charge is 2.51. The molecule has 12 nitrogen and oxygen atoms in total. The summed E-state index contributed by atoms with van der Waals surface area (Å²) in [5.41, 5.74) is -1.42. The summed E-state index contributed by atoms with van der Waals surface area (Å²) in [5.74, 6) is 0. The average molecular weight is 460 g/mol. The number of aliphatic hydroxyl groups is 3. The first-order valence-corrected chi connectivity index (χ1v) is 11.6. The van der Waals surface area contributed by atoms with Gasteiger partial charge >= 0.3 is 7.60 Å². The summed E-state index contributed by atoms with van der Waals surface area (Å²) in [5, 5.41) is 29.3. The van der Waals surface area contributed by atoms with E-state index in [1.807, 2.05) is 0 Å². The van der Waals surface area contributed by atoms with Crippen molar-refractivity contribution in [1.29, 1.82) is 0 Å². The maximum absolute atomic E-state index is 12.6. The fraction of sp³-hybridized carbons (Fsp3) is 0.722. The van der Waals surface area contributed by atoms with Gasteiger partial charge in [0.25, 0.3) is 5.56 Å². The average Bonchev–Trinajstić information content (AvgIpc) is 3.23. The molecule has 0 saturated carbocycles. The number of hydrogen-bond acceptors (Lipinski definition) is 9. The van der Waals surface area contributed by atoms with Gasteiger partial charge in [-0.3, -0.25) is 18.5 Å². The third-order valence-electron chi connectivity index (χ3n) is 5.85. The van der Waals surface area contributed by atoms with E-state index in [0.717, 1.165) is 0 Å². The van der Waals surface area contributed by atoms with Crippen LogP contribution < -0.4 is 5.56 Å². The molecule has 0 aromatic carbocycles. The minimum atomic E-state index is -4.43. The SMILES string of the molecule is CCC(CC)(CC1O[C@@H](n2cnc3c(=O)[nH]cnc32)[C@H](O)C1O)OP(=O)(O)C(C)(C)O. The number of fused-ring (bicyclic) bond motifs is 1. The van der Waals surface area contributed by atoms with E-state index >= 15 is 0 Å². The summed E-state index contributed by atoms with van der Waals surface area (Å²) in [6.07, 6.45) is -1.70. The molecule has 0 spiro atoms. The van der Waals surface area contributed by atoms with Crippen molar-refractivity contribution in [2.75, 3.05) is 0 Å². The van der Waals surface area contributed by atoms with Gasteiger partial charge in [-0.1, -0.05) is 13.8 Å². The number of H-pyrrole nitrogens is 1. The van der Waals surface area contributed by atoms with Crippen molar-refractivity contribution < 1.29 is 34.0 Å². The summed E-state index contributed by atoms with van der Waals surface area (Å²) in [7, 11) is -4.43. The molecule has 3 heterocycles. The second kappa shape index (κ2) is 8.36. The van der Waals surface area contributed by atoms with Crippen molar-refractivity contribution >= 4 is 18.8 Å². The van der Waals surface area contributed by atoms with Crippen LogP contribution in [0.1, 0.15) is 53.2 Å². The molecule has 1 saturated heterocycles. The second-order valence-corrected chi connectivity index (χ2v) is 10.6. The van der Waals surface area contributed by atoms with Gasteiger partial charge in [0.2, 0.25) is 0 Å². The first-order valence-electron chi connectivity index (χ1n) is 10.0. The van der Waals surface area contributed by atoms with Gasteiger partial charge in [-0.25, -0.2) is 9.97 Å². The third-order valence-corrected chi connectivity index (χ3v) is 7.87. The lowest BCUT2D eigenvalue weighted by Crippen LogP contribution is -2.41. The van der Waals surface area contributed by atoms with Crippen LogP contribution >= 0.6 is 7.60 Å². The van der Waals surface area contributed by atoms with Crippen LogP contribution in [0.15, 0.2) is 17.4 Å². The number of rotatable bonds is 8. The summed E-state index contributed by atoms with van der Waals surface area (Å²) < 4.78 is 25.4. The molecule has 174 valence electrons. The molecule has 0 radical (unpaired) electrons. The number of hydrogen-bond donors (Lipinski definition) is 5. The molecular formula is C18H29N4O8P. The number of aromatic amines is 1. The van der Waals surface area contributed by atoms with Crippen LogP contribution in [-0.4, -0.2) is 69.0 Å². The molecule has 0 aliphatic carbocycles. The molecule has 2 aromatic heterocycles. The molecule has 1 aliphatic rings. The van der Waals surface area contributed by atoms with Crippen molar-refractivity contribution in [2.24, 2.45) is 0 Å². The predicted molar refractivity (Wildman–Crippen MR) is 109 cm³/mol. The quantitative estimate of drug-likeness (QED) is 0.350. The van der Waals surface area contributed by atoms with Crippen molar-refractivity contribution in [3.05, 3.63) is 23.0 Å². The standard InChI is InChI=1S/C18H29N4O8P/c1-5-18(6-2,30-31(27,28)17(3,4)26)7-10-12(23)13(24)16(29-10)22-9-21-11-14(22)19-8-20-15(11)25/h8-10,12-13,16,23-24,26H,5-7H2,1-4H3,(H,27,28)(H,19,20,25)/t10?,12?,13-,16-/m1/s1. The first kappa shape index (κ1) is 24.0. The maximum Gasteiger partial charge on any atom is 0.359 e. The van der Waals surface area contributed by atoms with E-state index in [-0.39, 0.29) is 17.6 Å². The molecule has 0 amide bonds. The smallest absolute Gasteiger partial charge is 0.359 e. The van der Waals surface area contributed by atoms with Crippen molar-refractivity contribution in [3.63, 3.8) is 0 Å². The third kappa shape index (κ3) is 4.34. The topological polar surface area (TPSA) is 180 Å². The molecule has 0 bridgehead atoms. The number of aliphatic hydroxyl groups excluding tert-OH is 2. The lowest BCUT2D eigenvalue weighted by Gasteiger charge is -2.38. The molecule has 13 heteroatoms. The Morgan fingerprint density at radius 2 is 1.90 bits per heavy atom. The molecule has 31 heavy (non-hydrogen) atoms. The molecule has 1 fully saturated rings. The number of imidazole rings is 1. The monoisotopic (exact) mass is 460 g/mol. The van der Waals surface area contributed by atoms with Crippen LogP contribution in [0.25, 0.3) is 11.2 Å². The largest absolute Gasteiger partial charge is 0.388 e. The Morgan fingerprint density at radius 3 is 2.48 bits per heavy atom. The fourth-order valence-corrected chi connectivity index (χ4v) is 4.70. The van der Waals surface area contributed by atoms with E-state index in [2.05, 4.69) is 15.0 Å². The highest BCUT2D eigenvalue weighted by molar-refractivity contribution is 7.54. The van der Waals surface area contributed by atoms with E-state index in [1.54, 1.807) is 13.8 Å². The van der Waals surface area contributed by atoms with Crippen molar-refractivity contribution in [3.8, 4) is 0 Å². The summed E-state index contributed by atoms with van der Waals surface area (Å²) in [6, 6.07) is 0.